The van der Waals surface area contributed by atoms with E-state index < -0.39 is 5.60 Å². The monoisotopic (exact) mass is 256 g/mol. The Balaban J connectivity index is 2.79. The van der Waals surface area contributed by atoms with E-state index in [9.17, 15) is 4.79 Å². The third-order valence-corrected chi connectivity index (χ3v) is 4.22. The van der Waals surface area contributed by atoms with Crippen LogP contribution in [0.3, 0.4) is 0 Å². The van der Waals surface area contributed by atoms with Crippen molar-refractivity contribution in [2.45, 2.75) is 64.0 Å². The summed E-state index contributed by atoms with van der Waals surface area (Å²) in [5.74, 6) is 0.102. The molecule has 1 saturated carbocycles. The Labute approximate surface area is 111 Å². The van der Waals surface area contributed by atoms with E-state index in [4.69, 9.17) is 10.5 Å². The fraction of sp³-hybridized carbons (Fsp3) is 0.929. The summed E-state index contributed by atoms with van der Waals surface area (Å²) < 4.78 is 5.43. The number of methoxy groups -OCH3 is 1. The van der Waals surface area contributed by atoms with Gasteiger partial charge in [0.05, 0.1) is 0 Å². The fourth-order valence-corrected chi connectivity index (χ4v) is 2.67. The molecule has 1 fully saturated rings. The van der Waals surface area contributed by atoms with Crippen LogP contribution in [0.25, 0.3) is 0 Å². The standard InChI is InChI=1S/C14H28N2O2/c1-4-14(2,18-3)13(17)16(11-10-15)12-8-6-5-7-9-12/h12H,4-11,15H2,1-3H3. The van der Waals surface area contributed by atoms with E-state index in [1.54, 1.807) is 7.11 Å². The Morgan fingerprint density at radius 2 is 2.00 bits per heavy atom. The number of hydrogen-bond donors (Lipinski definition) is 1. The zero-order valence-electron chi connectivity index (χ0n) is 12.1. The van der Waals surface area contributed by atoms with Gasteiger partial charge >= 0.3 is 0 Å². The van der Waals surface area contributed by atoms with Crippen LogP contribution >= 0.6 is 0 Å². The van der Waals surface area contributed by atoms with Crippen molar-refractivity contribution in [1.29, 1.82) is 0 Å². The molecule has 1 unspecified atom stereocenters. The van der Waals surface area contributed by atoms with Crippen LogP contribution in [-0.4, -0.2) is 42.6 Å². The number of amides is 1. The molecule has 0 bridgehead atoms. The summed E-state index contributed by atoms with van der Waals surface area (Å²) >= 11 is 0. The SMILES string of the molecule is CCC(C)(OC)C(=O)N(CCN)C1CCCCC1. The van der Waals surface area contributed by atoms with Crippen molar-refractivity contribution in [2.75, 3.05) is 20.2 Å². The highest BCUT2D eigenvalue weighted by molar-refractivity contribution is 5.85. The summed E-state index contributed by atoms with van der Waals surface area (Å²) in [4.78, 5) is 14.6. The minimum absolute atomic E-state index is 0.102. The van der Waals surface area contributed by atoms with Crippen molar-refractivity contribution in [1.82, 2.24) is 4.90 Å². The molecule has 0 aromatic heterocycles. The van der Waals surface area contributed by atoms with Crippen LogP contribution in [0, 0.1) is 0 Å². The molecular formula is C14H28N2O2. The maximum Gasteiger partial charge on any atom is 0.254 e. The van der Waals surface area contributed by atoms with Gasteiger partial charge in [-0.05, 0) is 26.2 Å². The first kappa shape index (κ1) is 15.4. The zero-order valence-corrected chi connectivity index (χ0v) is 12.1. The zero-order chi connectivity index (χ0) is 13.6. The lowest BCUT2D eigenvalue weighted by Crippen LogP contribution is -2.53. The predicted octanol–water partition coefficient (Wildman–Crippen LogP) is 1.92. The first-order chi connectivity index (χ1) is 8.59. The normalized spacial score (nSPS) is 20.4. The van der Waals surface area contributed by atoms with Crippen molar-refractivity contribution in [3.8, 4) is 0 Å². The van der Waals surface area contributed by atoms with E-state index in [1.165, 1.54) is 19.3 Å². The van der Waals surface area contributed by atoms with Crippen molar-refractivity contribution >= 4 is 5.91 Å². The summed E-state index contributed by atoms with van der Waals surface area (Å²) in [6, 6.07) is 0.357. The van der Waals surface area contributed by atoms with E-state index in [2.05, 4.69) is 0 Å². The summed E-state index contributed by atoms with van der Waals surface area (Å²) in [7, 11) is 1.61. The molecule has 0 aromatic rings. The Morgan fingerprint density at radius 1 is 1.39 bits per heavy atom. The van der Waals surface area contributed by atoms with Crippen molar-refractivity contribution in [3.05, 3.63) is 0 Å². The van der Waals surface area contributed by atoms with Crippen LogP contribution in [0.4, 0.5) is 0 Å². The number of rotatable bonds is 6. The van der Waals surface area contributed by atoms with Crippen LogP contribution in [-0.2, 0) is 9.53 Å². The van der Waals surface area contributed by atoms with Gasteiger partial charge in [-0.1, -0.05) is 26.2 Å². The van der Waals surface area contributed by atoms with Gasteiger partial charge in [0.15, 0.2) is 0 Å². The lowest BCUT2D eigenvalue weighted by Gasteiger charge is -2.39. The quantitative estimate of drug-likeness (QED) is 0.790. The highest BCUT2D eigenvalue weighted by atomic mass is 16.5. The van der Waals surface area contributed by atoms with Gasteiger partial charge in [0, 0.05) is 26.2 Å². The van der Waals surface area contributed by atoms with Gasteiger partial charge in [-0.2, -0.15) is 0 Å². The first-order valence-corrected chi connectivity index (χ1v) is 7.15. The predicted molar refractivity (Wildman–Crippen MR) is 73.3 cm³/mol. The largest absolute Gasteiger partial charge is 0.369 e. The van der Waals surface area contributed by atoms with Gasteiger partial charge in [0.25, 0.3) is 5.91 Å². The molecule has 18 heavy (non-hydrogen) atoms. The molecule has 4 heteroatoms. The molecular weight excluding hydrogens is 228 g/mol. The molecule has 1 rings (SSSR count). The average molecular weight is 256 g/mol. The lowest BCUT2D eigenvalue weighted by atomic mass is 9.92. The number of ether oxygens (including phenoxy) is 1. The second-order valence-electron chi connectivity index (χ2n) is 5.37. The van der Waals surface area contributed by atoms with Crippen LogP contribution in [0.5, 0.6) is 0 Å². The van der Waals surface area contributed by atoms with Gasteiger partial charge in [0.2, 0.25) is 0 Å². The summed E-state index contributed by atoms with van der Waals surface area (Å²) in [6.07, 6.45) is 6.63. The third-order valence-electron chi connectivity index (χ3n) is 4.22. The van der Waals surface area contributed by atoms with E-state index >= 15 is 0 Å². The van der Waals surface area contributed by atoms with Crippen molar-refractivity contribution in [3.63, 3.8) is 0 Å². The molecule has 0 spiro atoms. The number of carbonyl (C=O) groups excluding carboxylic acids is 1. The molecule has 1 amide bonds. The first-order valence-electron chi connectivity index (χ1n) is 7.15. The second-order valence-corrected chi connectivity index (χ2v) is 5.37. The molecule has 1 atom stereocenters. The number of carbonyl (C=O) groups is 1. The molecule has 4 nitrogen and oxygen atoms in total. The maximum absolute atomic E-state index is 12.7. The van der Waals surface area contributed by atoms with Gasteiger partial charge in [-0.25, -0.2) is 0 Å². The Bertz CT molecular complexity index is 259. The van der Waals surface area contributed by atoms with Crippen LogP contribution in [0.15, 0.2) is 0 Å². The van der Waals surface area contributed by atoms with E-state index in [0.717, 1.165) is 12.8 Å². The lowest BCUT2D eigenvalue weighted by molar-refractivity contribution is -0.156. The number of nitrogens with two attached hydrogens (primary N) is 1. The highest BCUT2D eigenvalue weighted by Gasteiger charge is 2.37. The van der Waals surface area contributed by atoms with Gasteiger partial charge in [-0.15, -0.1) is 0 Å². The summed E-state index contributed by atoms with van der Waals surface area (Å²) in [5, 5.41) is 0. The molecule has 1 aliphatic rings. The van der Waals surface area contributed by atoms with Crippen LogP contribution < -0.4 is 5.73 Å². The van der Waals surface area contributed by atoms with E-state index in [0.29, 0.717) is 25.6 Å². The fourth-order valence-electron chi connectivity index (χ4n) is 2.67. The van der Waals surface area contributed by atoms with E-state index in [-0.39, 0.29) is 5.91 Å². The van der Waals surface area contributed by atoms with Gasteiger partial charge in [-0.3, -0.25) is 4.79 Å². The number of hydrogen-bond acceptors (Lipinski definition) is 3. The van der Waals surface area contributed by atoms with E-state index in [1.807, 2.05) is 18.7 Å². The molecule has 0 aromatic carbocycles. The Morgan fingerprint density at radius 3 is 2.44 bits per heavy atom. The molecule has 106 valence electrons. The highest BCUT2D eigenvalue weighted by Crippen LogP contribution is 2.26. The molecule has 0 heterocycles. The average Bonchev–Trinajstić information content (AvgIpc) is 2.44. The third kappa shape index (κ3) is 3.45. The smallest absolute Gasteiger partial charge is 0.254 e. The van der Waals surface area contributed by atoms with Crippen LogP contribution in [0.2, 0.25) is 0 Å². The topological polar surface area (TPSA) is 55.6 Å². The molecule has 0 radical (unpaired) electrons. The second kappa shape index (κ2) is 7.10. The van der Waals surface area contributed by atoms with Crippen LogP contribution in [0.1, 0.15) is 52.4 Å². The van der Waals surface area contributed by atoms with Gasteiger partial charge < -0.3 is 15.4 Å². The molecule has 0 aliphatic heterocycles. The summed E-state index contributed by atoms with van der Waals surface area (Å²) in [5.41, 5.74) is 4.96. The maximum atomic E-state index is 12.7. The van der Waals surface area contributed by atoms with Crippen molar-refractivity contribution in [2.24, 2.45) is 5.73 Å². The molecule has 0 saturated heterocycles. The minimum Gasteiger partial charge on any atom is -0.369 e. The summed E-state index contributed by atoms with van der Waals surface area (Å²) in [6.45, 7) is 5.03. The number of nitrogens with zero attached hydrogens (tertiary/aromatic N) is 1. The molecule has 2 N–H and O–H groups in total. The molecule has 1 aliphatic carbocycles. The van der Waals surface area contributed by atoms with Gasteiger partial charge in [0.1, 0.15) is 5.60 Å². The Kier molecular flexibility index (Phi) is 6.09. The Hall–Kier alpha value is -0.610. The minimum atomic E-state index is -0.702. The van der Waals surface area contributed by atoms with Crippen molar-refractivity contribution < 1.29 is 9.53 Å².